The summed E-state index contributed by atoms with van der Waals surface area (Å²) in [6, 6.07) is 5.93. The first-order valence-corrected chi connectivity index (χ1v) is 9.78. The molecule has 26 heavy (non-hydrogen) atoms. The molecule has 1 aromatic heterocycles. The van der Waals surface area contributed by atoms with Crippen molar-refractivity contribution >= 4 is 5.69 Å². The topological polar surface area (TPSA) is 69.4 Å². The van der Waals surface area contributed by atoms with Crippen LogP contribution in [0.5, 0.6) is 11.5 Å². The minimum atomic E-state index is -0.439. The lowest BCUT2D eigenvalue weighted by atomic mass is 9.94. The van der Waals surface area contributed by atoms with Gasteiger partial charge in [0, 0.05) is 31.0 Å². The second-order valence-corrected chi connectivity index (χ2v) is 7.36. The molecule has 1 saturated carbocycles. The number of hydrogen-bond acceptors (Lipinski definition) is 6. The predicted molar refractivity (Wildman–Crippen MR) is 98.5 cm³/mol. The van der Waals surface area contributed by atoms with Gasteiger partial charge in [-0.25, -0.2) is 0 Å². The lowest BCUT2D eigenvalue weighted by Crippen LogP contribution is -2.40. The molecule has 1 N–H and O–H groups in total. The van der Waals surface area contributed by atoms with Gasteiger partial charge in [-0.05, 0) is 38.3 Å². The summed E-state index contributed by atoms with van der Waals surface area (Å²) in [7, 11) is 0. The normalized spacial score (nSPS) is 18.8. The summed E-state index contributed by atoms with van der Waals surface area (Å²) < 4.78 is 17.7. The number of hydrogen-bond donors (Lipinski definition) is 1. The summed E-state index contributed by atoms with van der Waals surface area (Å²) in [5, 5.41) is 7.48. The third-order valence-corrected chi connectivity index (χ3v) is 5.14. The van der Waals surface area contributed by atoms with Gasteiger partial charge in [-0.2, -0.15) is 4.98 Å². The third-order valence-electron chi connectivity index (χ3n) is 5.14. The molecule has 0 radical (unpaired) electrons. The Morgan fingerprint density at radius 1 is 1.15 bits per heavy atom. The zero-order valence-corrected chi connectivity index (χ0v) is 15.6. The van der Waals surface area contributed by atoms with Crippen LogP contribution in [0.4, 0.5) is 5.69 Å². The molecule has 140 valence electrons. The van der Waals surface area contributed by atoms with Gasteiger partial charge in [0.2, 0.25) is 5.89 Å². The fraction of sp³-hybridized carbons (Fsp3) is 0.600. The maximum absolute atomic E-state index is 6.20. The van der Waals surface area contributed by atoms with Crippen molar-refractivity contribution in [2.75, 3.05) is 5.32 Å². The molecule has 6 heteroatoms. The van der Waals surface area contributed by atoms with Crippen molar-refractivity contribution in [3.05, 3.63) is 29.9 Å². The summed E-state index contributed by atoms with van der Waals surface area (Å²) in [4.78, 5) is 4.49. The van der Waals surface area contributed by atoms with Crippen LogP contribution in [-0.4, -0.2) is 15.9 Å². The van der Waals surface area contributed by atoms with Crippen molar-refractivity contribution in [1.29, 1.82) is 0 Å². The van der Waals surface area contributed by atoms with E-state index >= 15 is 0 Å². The third kappa shape index (κ3) is 3.50. The standard InChI is InChI=1S/C20H27N3O3/c1-3-4-8-18-22-19(26-23-18)14(2)21-15-9-10-16-17(13-15)25-20(24-16)11-6-5-7-12-20/h9-10,13-14,21H,3-8,11-12H2,1-2H3. The van der Waals surface area contributed by atoms with Gasteiger partial charge in [0.15, 0.2) is 17.3 Å². The molecule has 1 unspecified atom stereocenters. The largest absolute Gasteiger partial charge is 0.448 e. The van der Waals surface area contributed by atoms with Gasteiger partial charge in [0.05, 0.1) is 0 Å². The highest BCUT2D eigenvalue weighted by atomic mass is 16.7. The fourth-order valence-corrected chi connectivity index (χ4v) is 3.67. The molecular formula is C20H27N3O3. The van der Waals surface area contributed by atoms with E-state index in [0.717, 1.165) is 68.0 Å². The fourth-order valence-electron chi connectivity index (χ4n) is 3.67. The van der Waals surface area contributed by atoms with Gasteiger partial charge in [0.25, 0.3) is 5.79 Å². The van der Waals surface area contributed by atoms with Crippen LogP contribution in [-0.2, 0) is 6.42 Å². The molecule has 1 aliphatic carbocycles. The van der Waals surface area contributed by atoms with Crippen molar-refractivity contribution in [3.63, 3.8) is 0 Å². The maximum atomic E-state index is 6.20. The molecule has 2 heterocycles. The molecule has 1 aliphatic heterocycles. The number of nitrogens with one attached hydrogen (secondary N) is 1. The number of fused-ring (bicyclic) bond motifs is 1. The minimum Gasteiger partial charge on any atom is -0.448 e. The van der Waals surface area contributed by atoms with E-state index in [9.17, 15) is 0 Å². The summed E-state index contributed by atoms with van der Waals surface area (Å²) in [6.07, 6.45) is 8.56. The Bertz CT molecular complexity index is 753. The van der Waals surface area contributed by atoms with Crippen LogP contribution in [0.15, 0.2) is 22.7 Å². The zero-order chi connectivity index (χ0) is 18.0. The van der Waals surface area contributed by atoms with Gasteiger partial charge in [0.1, 0.15) is 6.04 Å². The van der Waals surface area contributed by atoms with E-state index in [-0.39, 0.29) is 6.04 Å². The van der Waals surface area contributed by atoms with Gasteiger partial charge in [-0.1, -0.05) is 24.9 Å². The van der Waals surface area contributed by atoms with E-state index in [1.165, 1.54) is 6.42 Å². The highest BCUT2D eigenvalue weighted by Crippen LogP contribution is 2.46. The van der Waals surface area contributed by atoms with Gasteiger partial charge in [-0.3, -0.25) is 0 Å². The number of anilines is 1. The van der Waals surface area contributed by atoms with E-state index in [2.05, 4.69) is 22.4 Å². The molecule has 2 aliphatic rings. The molecule has 0 amide bonds. The van der Waals surface area contributed by atoms with Crippen LogP contribution < -0.4 is 14.8 Å². The predicted octanol–water partition coefficient (Wildman–Crippen LogP) is 5.02. The van der Waals surface area contributed by atoms with E-state index in [1.54, 1.807) is 0 Å². The minimum absolute atomic E-state index is 0.0677. The number of aromatic nitrogens is 2. The highest BCUT2D eigenvalue weighted by molar-refractivity contribution is 5.56. The molecule has 0 bridgehead atoms. The molecule has 6 nitrogen and oxygen atoms in total. The first-order valence-electron chi connectivity index (χ1n) is 9.78. The number of rotatable bonds is 6. The lowest BCUT2D eigenvalue weighted by molar-refractivity contribution is -0.105. The van der Waals surface area contributed by atoms with Crippen molar-refractivity contribution < 1.29 is 14.0 Å². The molecule has 4 rings (SSSR count). The molecule has 1 aromatic carbocycles. The molecule has 1 atom stereocenters. The monoisotopic (exact) mass is 357 g/mol. The van der Waals surface area contributed by atoms with Crippen molar-refractivity contribution in [2.45, 2.75) is 77.0 Å². The number of benzene rings is 1. The molecule has 0 saturated heterocycles. The van der Waals surface area contributed by atoms with Crippen molar-refractivity contribution in [3.8, 4) is 11.5 Å². The lowest BCUT2D eigenvalue weighted by Gasteiger charge is -2.31. The van der Waals surface area contributed by atoms with Crippen LogP contribution in [0.2, 0.25) is 0 Å². The molecule has 2 aromatic rings. The van der Waals surface area contributed by atoms with Crippen LogP contribution in [0.1, 0.15) is 76.6 Å². The highest BCUT2D eigenvalue weighted by Gasteiger charge is 2.42. The van der Waals surface area contributed by atoms with Crippen molar-refractivity contribution in [2.24, 2.45) is 0 Å². The number of aryl methyl sites for hydroxylation is 1. The SMILES string of the molecule is CCCCc1noc(C(C)Nc2ccc3c(c2)OC2(CCCCC2)O3)n1. The van der Waals surface area contributed by atoms with E-state index in [4.69, 9.17) is 14.0 Å². The summed E-state index contributed by atoms with van der Waals surface area (Å²) in [5.41, 5.74) is 0.959. The van der Waals surface area contributed by atoms with E-state index in [0.29, 0.717) is 5.89 Å². The maximum Gasteiger partial charge on any atom is 0.251 e. The Labute approximate surface area is 154 Å². The number of ether oxygens (including phenoxy) is 2. The Hall–Kier alpha value is -2.24. The molecule has 1 fully saturated rings. The van der Waals surface area contributed by atoms with Crippen molar-refractivity contribution in [1.82, 2.24) is 10.1 Å². The smallest absolute Gasteiger partial charge is 0.251 e. The average Bonchev–Trinajstić information content (AvgIpc) is 3.24. The van der Waals surface area contributed by atoms with Crippen LogP contribution in [0, 0.1) is 0 Å². The molecular weight excluding hydrogens is 330 g/mol. The second kappa shape index (κ2) is 7.17. The number of nitrogens with zero attached hydrogens (tertiary/aromatic N) is 2. The van der Waals surface area contributed by atoms with Crippen LogP contribution >= 0.6 is 0 Å². The average molecular weight is 357 g/mol. The van der Waals surface area contributed by atoms with E-state index in [1.807, 2.05) is 25.1 Å². The van der Waals surface area contributed by atoms with Gasteiger partial charge < -0.3 is 19.3 Å². The zero-order valence-electron chi connectivity index (χ0n) is 15.6. The Balaban J connectivity index is 1.42. The Morgan fingerprint density at radius 3 is 2.77 bits per heavy atom. The van der Waals surface area contributed by atoms with Crippen LogP contribution in [0.3, 0.4) is 0 Å². The summed E-state index contributed by atoms with van der Waals surface area (Å²) in [5.74, 6) is 2.60. The Kier molecular flexibility index (Phi) is 4.74. The Morgan fingerprint density at radius 2 is 1.96 bits per heavy atom. The van der Waals surface area contributed by atoms with E-state index < -0.39 is 5.79 Å². The van der Waals surface area contributed by atoms with Crippen LogP contribution in [0.25, 0.3) is 0 Å². The first-order chi connectivity index (χ1) is 12.7. The second-order valence-electron chi connectivity index (χ2n) is 7.36. The summed E-state index contributed by atoms with van der Waals surface area (Å²) >= 11 is 0. The molecule has 1 spiro atoms. The van der Waals surface area contributed by atoms with Gasteiger partial charge >= 0.3 is 0 Å². The van der Waals surface area contributed by atoms with Gasteiger partial charge in [-0.15, -0.1) is 0 Å². The first kappa shape index (κ1) is 17.2. The number of unbranched alkanes of at least 4 members (excludes halogenated alkanes) is 1. The summed E-state index contributed by atoms with van der Waals surface area (Å²) in [6.45, 7) is 4.17. The quantitative estimate of drug-likeness (QED) is 0.783.